The second-order valence-corrected chi connectivity index (χ2v) is 5.05. The lowest BCUT2D eigenvalue weighted by atomic mass is 10.0. The minimum atomic E-state index is -0.609. The summed E-state index contributed by atoms with van der Waals surface area (Å²) in [5.74, 6) is -0.410. The molecule has 1 aromatic rings. The monoisotopic (exact) mass is 274 g/mol. The summed E-state index contributed by atoms with van der Waals surface area (Å²) in [6.07, 6.45) is -0.609. The van der Waals surface area contributed by atoms with Gasteiger partial charge in [-0.25, -0.2) is 9.69 Å². The summed E-state index contributed by atoms with van der Waals surface area (Å²) in [5.41, 5.74) is 1.64. The highest BCUT2D eigenvalue weighted by molar-refractivity contribution is 5.99. The summed E-state index contributed by atoms with van der Waals surface area (Å²) in [6.45, 7) is 2.47. The van der Waals surface area contributed by atoms with E-state index in [0.29, 0.717) is 18.7 Å². The number of ether oxygens (including phenoxy) is 1. The molecule has 3 rings (SSSR count). The average molecular weight is 274 g/mol. The van der Waals surface area contributed by atoms with Gasteiger partial charge in [-0.05, 0) is 19.1 Å². The molecule has 0 aliphatic carbocycles. The van der Waals surface area contributed by atoms with Crippen LogP contribution >= 0.6 is 0 Å². The molecule has 2 saturated heterocycles. The van der Waals surface area contributed by atoms with Gasteiger partial charge in [0.2, 0.25) is 0 Å². The van der Waals surface area contributed by atoms with Gasteiger partial charge in [0.1, 0.15) is 0 Å². The van der Waals surface area contributed by atoms with Crippen LogP contribution in [0.15, 0.2) is 24.3 Å². The van der Waals surface area contributed by atoms with Crippen LogP contribution in [-0.2, 0) is 9.53 Å². The second kappa shape index (κ2) is 4.63. The fourth-order valence-electron chi connectivity index (χ4n) is 2.46. The molecule has 0 bridgehead atoms. The zero-order chi connectivity index (χ0) is 14.3. The number of amides is 3. The van der Waals surface area contributed by atoms with Crippen LogP contribution in [0, 0.1) is 6.92 Å². The number of rotatable bonds is 2. The highest BCUT2D eigenvalue weighted by Gasteiger charge is 2.44. The first-order valence-corrected chi connectivity index (χ1v) is 6.41. The summed E-state index contributed by atoms with van der Waals surface area (Å²) in [7, 11) is 0. The van der Waals surface area contributed by atoms with E-state index in [2.05, 4.69) is 4.74 Å². The Labute approximate surface area is 115 Å². The smallest absolute Gasteiger partial charge is 0.417 e. The van der Waals surface area contributed by atoms with Gasteiger partial charge >= 0.3 is 6.09 Å². The molecule has 2 heterocycles. The number of hydrogen-bond acceptors (Lipinski definition) is 4. The van der Waals surface area contributed by atoms with Crippen LogP contribution in [0.25, 0.3) is 0 Å². The van der Waals surface area contributed by atoms with E-state index in [1.165, 1.54) is 0 Å². The maximum absolute atomic E-state index is 12.2. The van der Waals surface area contributed by atoms with Crippen molar-refractivity contribution in [2.75, 3.05) is 19.7 Å². The molecular weight excluding hydrogens is 260 g/mol. The van der Waals surface area contributed by atoms with Crippen molar-refractivity contribution in [2.24, 2.45) is 0 Å². The number of nitrogens with zero attached hydrogens (tertiary/aromatic N) is 2. The molecule has 0 aromatic heterocycles. The third-order valence-corrected chi connectivity index (χ3v) is 3.56. The van der Waals surface area contributed by atoms with Gasteiger partial charge < -0.3 is 9.64 Å². The van der Waals surface area contributed by atoms with E-state index in [1.807, 2.05) is 25.1 Å². The second-order valence-electron chi connectivity index (χ2n) is 5.05. The zero-order valence-electron chi connectivity index (χ0n) is 11.0. The normalized spacial score (nSPS) is 19.1. The molecule has 20 heavy (non-hydrogen) atoms. The number of carbonyl (C=O) groups excluding carboxylic acids is 3. The number of likely N-dealkylation sites (tertiary alicyclic amines) is 1. The summed E-state index contributed by atoms with van der Waals surface area (Å²) < 4.78 is 4.66. The van der Waals surface area contributed by atoms with Crippen LogP contribution < -0.4 is 0 Å². The molecule has 0 spiro atoms. The van der Waals surface area contributed by atoms with Crippen LogP contribution in [0.3, 0.4) is 0 Å². The lowest BCUT2D eigenvalue weighted by Gasteiger charge is -2.42. The predicted molar refractivity (Wildman–Crippen MR) is 69.1 cm³/mol. The number of carbonyl (C=O) groups is 3. The van der Waals surface area contributed by atoms with E-state index in [4.69, 9.17) is 0 Å². The largest absolute Gasteiger partial charge is 0.439 e. The number of imide groups is 1. The summed E-state index contributed by atoms with van der Waals surface area (Å²) >= 11 is 0. The molecule has 0 radical (unpaired) electrons. The lowest BCUT2D eigenvalue weighted by molar-refractivity contribution is -0.129. The van der Waals surface area contributed by atoms with Crippen molar-refractivity contribution in [2.45, 2.75) is 13.0 Å². The quantitative estimate of drug-likeness (QED) is 0.800. The first-order valence-electron chi connectivity index (χ1n) is 6.41. The van der Waals surface area contributed by atoms with Gasteiger partial charge in [0.05, 0.1) is 6.04 Å². The molecule has 104 valence electrons. The minimum Gasteiger partial charge on any atom is -0.439 e. The Bertz CT molecular complexity index is 577. The SMILES string of the molecule is Cc1cccc(C(=O)N2CC(N3C(=O)COC3=O)C2)c1. The average Bonchev–Trinajstić information content (AvgIpc) is 2.69. The Morgan fingerprint density at radius 2 is 2.05 bits per heavy atom. The Morgan fingerprint density at radius 1 is 1.30 bits per heavy atom. The minimum absolute atomic E-state index is 0.0787. The maximum atomic E-state index is 12.2. The molecule has 6 heteroatoms. The van der Waals surface area contributed by atoms with Crippen molar-refractivity contribution in [3.63, 3.8) is 0 Å². The highest BCUT2D eigenvalue weighted by atomic mass is 16.6. The van der Waals surface area contributed by atoms with Crippen LogP contribution in [0.2, 0.25) is 0 Å². The topological polar surface area (TPSA) is 66.9 Å². The Balaban J connectivity index is 1.64. The van der Waals surface area contributed by atoms with Crippen molar-refractivity contribution in [3.05, 3.63) is 35.4 Å². The first-order chi connectivity index (χ1) is 9.56. The molecule has 2 fully saturated rings. The predicted octanol–water partition coefficient (Wildman–Crippen LogP) is 0.798. The van der Waals surface area contributed by atoms with Gasteiger partial charge in [-0.1, -0.05) is 17.7 Å². The Kier molecular flexibility index (Phi) is 2.93. The molecule has 6 nitrogen and oxygen atoms in total. The maximum Gasteiger partial charge on any atom is 0.417 e. The zero-order valence-corrected chi connectivity index (χ0v) is 11.0. The van der Waals surface area contributed by atoms with Gasteiger partial charge in [0.25, 0.3) is 11.8 Å². The Morgan fingerprint density at radius 3 is 2.65 bits per heavy atom. The summed E-state index contributed by atoms with van der Waals surface area (Å²) in [4.78, 5) is 37.8. The van der Waals surface area contributed by atoms with Crippen molar-refractivity contribution in [1.29, 1.82) is 0 Å². The van der Waals surface area contributed by atoms with Crippen molar-refractivity contribution in [3.8, 4) is 0 Å². The van der Waals surface area contributed by atoms with Gasteiger partial charge in [0, 0.05) is 18.7 Å². The molecule has 1 aromatic carbocycles. The van der Waals surface area contributed by atoms with E-state index in [9.17, 15) is 14.4 Å². The molecule has 0 N–H and O–H groups in total. The third-order valence-electron chi connectivity index (χ3n) is 3.56. The molecule has 2 aliphatic heterocycles. The fourth-order valence-corrected chi connectivity index (χ4v) is 2.46. The van der Waals surface area contributed by atoms with E-state index in [1.54, 1.807) is 11.0 Å². The third kappa shape index (κ3) is 2.03. The van der Waals surface area contributed by atoms with Crippen LogP contribution in [0.5, 0.6) is 0 Å². The molecule has 2 aliphatic rings. The Hall–Kier alpha value is -2.37. The fraction of sp³-hybridized carbons (Fsp3) is 0.357. The van der Waals surface area contributed by atoms with Crippen molar-refractivity contribution < 1.29 is 19.1 Å². The summed E-state index contributed by atoms with van der Waals surface area (Å²) in [6, 6.07) is 7.09. The highest BCUT2D eigenvalue weighted by Crippen LogP contribution is 2.21. The molecule has 0 unspecified atom stereocenters. The van der Waals surface area contributed by atoms with E-state index < -0.39 is 6.09 Å². The van der Waals surface area contributed by atoms with E-state index >= 15 is 0 Å². The molecule has 0 atom stereocenters. The number of hydrogen-bond donors (Lipinski definition) is 0. The van der Waals surface area contributed by atoms with Gasteiger partial charge in [-0.2, -0.15) is 0 Å². The van der Waals surface area contributed by atoms with Crippen molar-refractivity contribution in [1.82, 2.24) is 9.80 Å². The number of benzene rings is 1. The lowest BCUT2D eigenvalue weighted by Crippen LogP contribution is -2.62. The molecule has 3 amide bonds. The molecular formula is C14H14N2O4. The van der Waals surface area contributed by atoms with Crippen LogP contribution in [-0.4, -0.2) is 53.4 Å². The number of aryl methyl sites for hydroxylation is 1. The van der Waals surface area contributed by atoms with Gasteiger partial charge in [-0.3, -0.25) is 9.59 Å². The van der Waals surface area contributed by atoms with Crippen molar-refractivity contribution >= 4 is 17.9 Å². The van der Waals surface area contributed by atoms with Crippen LogP contribution in [0.4, 0.5) is 4.79 Å². The van der Waals surface area contributed by atoms with Gasteiger partial charge in [0.15, 0.2) is 6.61 Å². The van der Waals surface area contributed by atoms with Gasteiger partial charge in [-0.15, -0.1) is 0 Å². The van der Waals surface area contributed by atoms with Crippen LogP contribution in [0.1, 0.15) is 15.9 Å². The molecule has 0 saturated carbocycles. The first kappa shape index (κ1) is 12.7. The standard InChI is InChI=1S/C14H14N2O4/c1-9-3-2-4-10(5-9)13(18)15-6-11(7-15)16-12(17)8-20-14(16)19/h2-5,11H,6-8H2,1H3. The van der Waals surface area contributed by atoms with E-state index in [0.717, 1.165) is 10.5 Å². The summed E-state index contributed by atoms with van der Waals surface area (Å²) in [5, 5.41) is 0. The number of cyclic esters (lactones) is 1. The van der Waals surface area contributed by atoms with E-state index in [-0.39, 0.29) is 24.5 Å².